The zero-order chi connectivity index (χ0) is 18.8. The van der Waals surface area contributed by atoms with Gasteiger partial charge < -0.3 is 11.5 Å². The lowest BCUT2D eigenvalue weighted by molar-refractivity contribution is 0.0999. The maximum atomic E-state index is 10.8. The van der Waals surface area contributed by atoms with Crippen molar-refractivity contribution in [3.63, 3.8) is 0 Å². The van der Waals surface area contributed by atoms with Crippen molar-refractivity contribution in [3.05, 3.63) is 81.8 Å². The first kappa shape index (κ1) is 18.0. The van der Waals surface area contributed by atoms with Crippen LogP contribution in [-0.4, -0.2) is 11.8 Å². The van der Waals surface area contributed by atoms with Crippen molar-refractivity contribution in [2.75, 3.05) is 0 Å². The molecule has 0 heterocycles. The topological polar surface area (TPSA) is 86.2 Å². The van der Waals surface area contributed by atoms with Gasteiger partial charge in [0.25, 0.3) is 0 Å². The smallest absolute Gasteiger partial charge is 0.250 e. The maximum absolute atomic E-state index is 10.8. The van der Waals surface area contributed by atoms with Crippen LogP contribution in [0.4, 0.5) is 0 Å². The summed E-state index contributed by atoms with van der Waals surface area (Å²) < 4.78 is 0. The Kier molecular flexibility index (Phi) is 4.98. The molecular weight excluding hydrogens is 371 g/mol. The Labute approximate surface area is 160 Å². The number of amides is 2. The number of carbonyl (C=O) groups is 2. The summed E-state index contributed by atoms with van der Waals surface area (Å²) in [6.07, 6.45) is 0. The summed E-state index contributed by atoms with van der Waals surface area (Å²) in [5.74, 6) is -1.37. The zero-order valence-electron chi connectivity index (χ0n) is 13.5. The molecule has 0 spiro atoms. The molecule has 0 fully saturated rings. The first-order valence-electron chi connectivity index (χ1n) is 7.67. The second-order valence-electron chi connectivity index (χ2n) is 5.63. The highest BCUT2D eigenvalue weighted by Gasteiger charge is 2.20. The normalized spacial score (nSPS) is 10.5. The van der Waals surface area contributed by atoms with Gasteiger partial charge in [-0.1, -0.05) is 59.6 Å². The van der Waals surface area contributed by atoms with E-state index in [9.17, 15) is 9.59 Å². The third-order valence-corrected chi connectivity index (χ3v) is 4.66. The molecule has 0 aromatic heterocycles. The number of nitrogens with two attached hydrogens (primary N) is 2. The molecule has 130 valence electrons. The quantitative estimate of drug-likeness (QED) is 0.531. The van der Waals surface area contributed by atoms with Crippen molar-refractivity contribution in [2.24, 2.45) is 11.5 Å². The number of primary amides is 2. The Balaban J connectivity index is 0.000000151. The molecule has 4 N–H and O–H groups in total. The highest BCUT2D eigenvalue weighted by atomic mass is 35.5. The molecule has 0 saturated carbocycles. The van der Waals surface area contributed by atoms with Crippen LogP contribution in [0.15, 0.2) is 60.7 Å². The van der Waals surface area contributed by atoms with Gasteiger partial charge in [0.15, 0.2) is 0 Å². The summed E-state index contributed by atoms with van der Waals surface area (Å²) in [6, 6.07) is 18.8. The van der Waals surface area contributed by atoms with Gasteiger partial charge in [-0.3, -0.25) is 9.59 Å². The minimum absolute atomic E-state index is 0.00231. The van der Waals surface area contributed by atoms with Crippen LogP contribution in [0.25, 0.3) is 22.3 Å². The van der Waals surface area contributed by atoms with Crippen LogP contribution in [0, 0.1) is 0 Å². The molecule has 3 aromatic rings. The summed E-state index contributed by atoms with van der Waals surface area (Å²) in [5.41, 5.74) is 15.5. The number of fused-ring (bicyclic) bond motifs is 4. The third-order valence-electron chi connectivity index (χ3n) is 4.02. The van der Waals surface area contributed by atoms with E-state index >= 15 is 0 Å². The van der Waals surface area contributed by atoms with Crippen LogP contribution in [0.5, 0.6) is 0 Å². The van der Waals surface area contributed by atoms with Gasteiger partial charge in [0.1, 0.15) is 0 Å². The number of rotatable bonds is 2. The van der Waals surface area contributed by atoms with Crippen LogP contribution >= 0.6 is 23.2 Å². The molecule has 0 saturated heterocycles. The van der Waals surface area contributed by atoms with Crippen molar-refractivity contribution in [1.29, 1.82) is 0 Å². The summed E-state index contributed by atoms with van der Waals surface area (Å²) in [4.78, 5) is 21.6. The lowest BCUT2D eigenvalue weighted by Gasteiger charge is -2.23. The molecule has 0 atom stereocenters. The molecule has 0 unspecified atom stereocenters. The lowest BCUT2D eigenvalue weighted by atomic mass is 9.81. The van der Waals surface area contributed by atoms with E-state index in [1.165, 1.54) is 40.5 Å². The van der Waals surface area contributed by atoms with Crippen molar-refractivity contribution < 1.29 is 9.59 Å². The Hall–Kier alpha value is -2.82. The fourth-order valence-corrected chi connectivity index (χ4v) is 3.26. The van der Waals surface area contributed by atoms with Gasteiger partial charge in [0, 0.05) is 5.02 Å². The van der Waals surface area contributed by atoms with Gasteiger partial charge in [-0.2, -0.15) is 0 Å². The van der Waals surface area contributed by atoms with Crippen molar-refractivity contribution >= 4 is 35.0 Å². The van der Waals surface area contributed by atoms with Crippen LogP contribution in [0.3, 0.4) is 0 Å². The number of carbonyl (C=O) groups excluding carboxylic acids is 2. The molecule has 4 rings (SSSR count). The third kappa shape index (κ3) is 3.29. The Morgan fingerprint density at radius 3 is 1.69 bits per heavy atom. The SMILES string of the molecule is Clc1ccc2c(c1)-c1ccccc1-2.NC(=O)c1cccc(C(N)=O)c1Cl. The van der Waals surface area contributed by atoms with E-state index in [1.54, 1.807) is 0 Å². The molecule has 26 heavy (non-hydrogen) atoms. The van der Waals surface area contributed by atoms with Crippen LogP contribution < -0.4 is 11.5 Å². The number of benzene rings is 3. The van der Waals surface area contributed by atoms with Gasteiger partial charge in [0.2, 0.25) is 11.8 Å². The average Bonchev–Trinajstić information content (AvgIpc) is 2.60. The molecular formula is C20H14Cl2N2O2. The number of hydrogen-bond donors (Lipinski definition) is 2. The molecule has 4 nitrogen and oxygen atoms in total. The Morgan fingerprint density at radius 2 is 1.15 bits per heavy atom. The minimum Gasteiger partial charge on any atom is -0.366 e. The van der Waals surface area contributed by atoms with E-state index in [1.807, 2.05) is 12.1 Å². The molecule has 0 bridgehead atoms. The fourth-order valence-electron chi connectivity index (χ4n) is 2.78. The number of halogens is 2. The summed E-state index contributed by atoms with van der Waals surface area (Å²) in [6.45, 7) is 0. The maximum Gasteiger partial charge on any atom is 0.250 e. The monoisotopic (exact) mass is 384 g/mol. The summed E-state index contributed by atoms with van der Waals surface area (Å²) in [5, 5.41) is 0.816. The van der Waals surface area contributed by atoms with E-state index in [4.69, 9.17) is 34.7 Å². The highest BCUT2D eigenvalue weighted by molar-refractivity contribution is 6.36. The van der Waals surface area contributed by atoms with Crippen LogP contribution in [0.1, 0.15) is 20.7 Å². The lowest BCUT2D eigenvalue weighted by Crippen LogP contribution is -2.16. The Bertz CT molecular complexity index is 1000. The fraction of sp³-hybridized carbons (Fsp3) is 0. The van der Waals surface area contributed by atoms with E-state index in [-0.39, 0.29) is 16.1 Å². The Morgan fingerprint density at radius 1 is 0.654 bits per heavy atom. The van der Waals surface area contributed by atoms with Gasteiger partial charge in [-0.05, 0) is 46.5 Å². The summed E-state index contributed by atoms with van der Waals surface area (Å²) >= 11 is 11.6. The van der Waals surface area contributed by atoms with E-state index in [0.717, 1.165) is 5.02 Å². The summed E-state index contributed by atoms with van der Waals surface area (Å²) in [7, 11) is 0. The average molecular weight is 385 g/mol. The van der Waals surface area contributed by atoms with E-state index in [2.05, 4.69) is 30.3 Å². The zero-order valence-corrected chi connectivity index (χ0v) is 15.0. The molecule has 6 heteroatoms. The molecule has 3 aromatic carbocycles. The molecule has 1 aliphatic rings. The van der Waals surface area contributed by atoms with Crippen molar-refractivity contribution in [3.8, 4) is 22.3 Å². The molecule has 0 radical (unpaired) electrons. The predicted octanol–water partition coefficient (Wildman–Crippen LogP) is 4.53. The minimum atomic E-state index is -0.687. The van der Waals surface area contributed by atoms with Gasteiger partial charge in [-0.15, -0.1) is 0 Å². The van der Waals surface area contributed by atoms with Gasteiger partial charge >= 0.3 is 0 Å². The van der Waals surface area contributed by atoms with Gasteiger partial charge in [-0.25, -0.2) is 0 Å². The second kappa shape index (κ2) is 7.20. The van der Waals surface area contributed by atoms with E-state index in [0.29, 0.717) is 0 Å². The molecule has 0 aliphatic heterocycles. The van der Waals surface area contributed by atoms with Crippen molar-refractivity contribution in [2.45, 2.75) is 0 Å². The standard InChI is InChI=1S/C12H7Cl.C8H7ClN2O2/c13-8-5-6-11-9-3-1-2-4-10(9)12(11)7-8;9-6-4(7(10)12)2-1-3-5(6)8(11)13/h1-7H;1-3H,(H2,10,12)(H2,11,13). The molecule has 1 aliphatic carbocycles. The highest BCUT2D eigenvalue weighted by Crippen LogP contribution is 2.47. The van der Waals surface area contributed by atoms with Crippen LogP contribution in [-0.2, 0) is 0 Å². The second-order valence-corrected chi connectivity index (χ2v) is 6.45. The largest absolute Gasteiger partial charge is 0.366 e. The van der Waals surface area contributed by atoms with E-state index < -0.39 is 11.8 Å². The molecule has 2 amide bonds. The number of hydrogen-bond acceptors (Lipinski definition) is 2. The first-order chi connectivity index (χ1) is 12.4. The predicted molar refractivity (Wildman–Crippen MR) is 104 cm³/mol. The van der Waals surface area contributed by atoms with Gasteiger partial charge in [0.05, 0.1) is 16.1 Å². The first-order valence-corrected chi connectivity index (χ1v) is 8.43. The van der Waals surface area contributed by atoms with Crippen LogP contribution in [0.2, 0.25) is 10.0 Å². The van der Waals surface area contributed by atoms with Crippen molar-refractivity contribution in [1.82, 2.24) is 0 Å².